The van der Waals surface area contributed by atoms with E-state index >= 15 is 0 Å². The van der Waals surface area contributed by atoms with E-state index < -0.39 is 0 Å². The monoisotopic (exact) mass is 342 g/mol. The SMILES string of the molecule is CC(=O)N[C@H](CC(=O)N1CCC[C@@H]1c1noc(C)n1)c1ccccc1. The number of nitrogens with zero attached hydrogens (tertiary/aromatic N) is 3. The first kappa shape index (κ1) is 17.1. The molecule has 0 spiro atoms. The van der Waals surface area contributed by atoms with E-state index in [-0.39, 0.29) is 30.3 Å². The molecule has 2 aromatic rings. The van der Waals surface area contributed by atoms with Gasteiger partial charge in [-0.1, -0.05) is 35.5 Å². The predicted molar refractivity (Wildman–Crippen MR) is 90.3 cm³/mol. The first-order valence-electron chi connectivity index (χ1n) is 8.46. The molecular weight excluding hydrogens is 320 g/mol. The summed E-state index contributed by atoms with van der Waals surface area (Å²) in [7, 11) is 0. The Morgan fingerprint density at radius 2 is 2.12 bits per heavy atom. The molecule has 1 aliphatic rings. The molecule has 7 heteroatoms. The number of benzene rings is 1. The van der Waals surface area contributed by atoms with Crippen LogP contribution >= 0.6 is 0 Å². The van der Waals surface area contributed by atoms with E-state index in [1.54, 1.807) is 11.8 Å². The van der Waals surface area contributed by atoms with Crippen molar-refractivity contribution in [2.24, 2.45) is 0 Å². The number of likely N-dealkylation sites (tertiary alicyclic amines) is 1. The van der Waals surface area contributed by atoms with Crippen LogP contribution < -0.4 is 5.32 Å². The van der Waals surface area contributed by atoms with Gasteiger partial charge in [-0.3, -0.25) is 9.59 Å². The number of hydrogen-bond acceptors (Lipinski definition) is 5. The van der Waals surface area contributed by atoms with Crippen LogP contribution in [0.5, 0.6) is 0 Å². The molecule has 0 radical (unpaired) electrons. The molecule has 0 unspecified atom stereocenters. The normalized spacial score (nSPS) is 18.2. The Balaban J connectivity index is 1.75. The summed E-state index contributed by atoms with van der Waals surface area (Å²) in [5.74, 6) is 0.870. The van der Waals surface area contributed by atoms with Gasteiger partial charge in [0.25, 0.3) is 0 Å². The van der Waals surface area contributed by atoms with Crippen molar-refractivity contribution in [1.82, 2.24) is 20.4 Å². The van der Waals surface area contributed by atoms with Crippen molar-refractivity contribution in [3.63, 3.8) is 0 Å². The van der Waals surface area contributed by atoms with Gasteiger partial charge in [0.1, 0.15) is 0 Å². The minimum atomic E-state index is -0.348. The van der Waals surface area contributed by atoms with E-state index in [1.807, 2.05) is 30.3 Å². The molecule has 3 rings (SSSR count). The van der Waals surface area contributed by atoms with E-state index in [4.69, 9.17) is 4.52 Å². The minimum Gasteiger partial charge on any atom is -0.349 e. The zero-order chi connectivity index (χ0) is 17.8. The highest BCUT2D eigenvalue weighted by Gasteiger charge is 2.34. The predicted octanol–water partition coefficient (Wildman–Crippen LogP) is 2.31. The molecule has 1 N–H and O–H groups in total. The molecule has 2 amide bonds. The van der Waals surface area contributed by atoms with Crippen LogP contribution in [0.2, 0.25) is 0 Å². The van der Waals surface area contributed by atoms with Gasteiger partial charge in [-0.15, -0.1) is 0 Å². The largest absolute Gasteiger partial charge is 0.349 e. The van der Waals surface area contributed by atoms with Crippen LogP contribution in [0.15, 0.2) is 34.9 Å². The maximum Gasteiger partial charge on any atom is 0.225 e. The van der Waals surface area contributed by atoms with Crippen LogP contribution in [-0.4, -0.2) is 33.4 Å². The van der Waals surface area contributed by atoms with Gasteiger partial charge in [-0.25, -0.2) is 0 Å². The molecule has 7 nitrogen and oxygen atoms in total. The van der Waals surface area contributed by atoms with E-state index in [9.17, 15) is 9.59 Å². The number of aromatic nitrogens is 2. The molecule has 2 atom stereocenters. The molecular formula is C18H22N4O3. The summed E-state index contributed by atoms with van der Waals surface area (Å²) in [6.45, 7) is 3.86. The Kier molecular flexibility index (Phi) is 5.11. The van der Waals surface area contributed by atoms with Gasteiger partial charge in [0.15, 0.2) is 5.82 Å². The first-order valence-corrected chi connectivity index (χ1v) is 8.46. The average molecular weight is 342 g/mol. The lowest BCUT2D eigenvalue weighted by Gasteiger charge is -2.25. The number of hydrogen-bond donors (Lipinski definition) is 1. The van der Waals surface area contributed by atoms with Crippen molar-refractivity contribution in [2.45, 2.75) is 45.2 Å². The Morgan fingerprint density at radius 1 is 1.36 bits per heavy atom. The zero-order valence-corrected chi connectivity index (χ0v) is 14.4. The summed E-state index contributed by atoms with van der Waals surface area (Å²) in [4.78, 5) is 30.5. The van der Waals surface area contributed by atoms with Crippen molar-refractivity contribution in [1.29, 1.82) is 0 Å². The summed E-state index contributed by atoms with van der Waals surface area (Å²) in [6, 6.07) is 9.03. The van der Waals surface area contributed by atoms with Gasteiger partial charge < -0.3 is 14.7 Å². The molecule has 25 heavy (non-hydrogen) atoms. The first-order chi connectivity index (χ1) is 12.0. The van der Waals surface area contributed by atoms with Crippen LogP contribution in [0.3, 0.4) is 0 Å². The Hall–Kier alpha value is -2.70. The summed E-state index contributed by atoms with van der Waals surface area (Å²) in [6.07, 6.45) is 1.93. The van der Waals surface area contributed by atoms with Crippen LogP contribution in [0, 0.1) is 6.92 Å². The minimum absolute atomic E-state index is 0.0208. The van der Waals surface area contributed by atoms with E-state index in [0.29, 0.717) is 18.3 Å². The number of carbonyl (C=O) groups is 2. The third-order valence-electron chi connectivity index (χ3n) is 4.37. The molecule has 1 aliphatic heterocycles. The number of carbonyl (C=O) groups excluding carboxylic acids is 2. The van der Waals surface area contributed by atoms with Gasteiger partial charge in [0.2, 0.25) is 17.7 Å². The smallest absolute Gasteiger partial charge is 0.225 e. The molecule has 1 aromatic carbocycles. The topological polar surface area (TPSA) is 88.3 Å². The molecule has 0 aliphatic carbocycles. The van der Waals surface area contributed by atoms with Crippen molar-refractivity contribution < 1.29 is 14.1 Å². The van der Waals surface area contributed by atoms with E-state index in [2.05, 4.69) is 15.5 Å². The third-order valence-corrected chi connectivity index (χ3v) is 4.37. The maximum atomic E-state index is 12.9. The van der Waals surface area contributed by atoms with Crippen LogP contribution in [0.25, 0.3) is 0 Å². The molecule has 1 aromatic heterocycles. The standard InChI is InChI=1S/C18H22N4O3/c1-12(23)19-15(14-7-4-3-5-8-14)11-17(24)22-10-6-9-16(22)18-20-13(2)25-21-18/h3-5,7-8,15-16H,6,9-11H2,1-2H3,(H,19,23)/t15-,16-/m1/s1. The molecule has 1 fully saturated rings. The molecule has 1 saturated heterocycles. The lowest BCUT2D eigenvalue weighted by Crippen LogP contribution is -2.36. The Morgan fingerprint density at radius 3 is 2.76 bits per heavy atom. The van der Waals surface area contributed by atoms with Crippen LogP contribution in [0.4, 0.5) is 0 Å². The van der Waals surface area contributed by atoms with E-state index in [1.165, 1.54) is 6.92 Å². The fourth-order valence-corrected chi connectivity index (χ4v) is 3.26. The maximum absolute atomic E-state index is 12.9. The van der Waals surface area contributed by atoms with Crippen molar-refractivity contribution in [3.05, 3.63) is 47.6 Å². The molecule has 2 heterocycles. The highest BCUT2D eigenvalue weighted by Crippen LogP contribution is 2.32. The third kappa shape index (κ3) is 4.04. The van der Waals surface area contributed by atoms with Gasteiger partial charge in [-0.05, 0) is 18.4 Å². The number of aryl methyl sites for hydroxylation is 1. The molecule has 0 bridgehead atoms. The zero-order valence-electron chi connectivity index (χ0n) is 14.4. The second kappa shape index (κ2) is 7.46. The molecule has 132 valence electrons. The lowest BCUT2D eigenvalue weighted by molar-refractivity contribution is -0.133. The fourth-order valence-electron chi connectivity index (χ4n) is 3.26. The van der Waals surface area contributed by atoms with Gasteiger partial charge >= 0.3 is 0 Å². The highest BCUT2D eigenvalue weighted by atomic mass is 16.5. The summed E-state index contributed by atoms with van der Waals surface area (Å²) >= 11 is 0. The average Bonchev–Trinajstić information content (AvgIpc) is 3.23. The van der Waals surface area contributed by atoms with Gasteiger partial charge in [0, 0.05) is 20.4 Å². The number of amides is 2. The summed E-state index contributed by atoms with van der Waals surface area (Å²) < 4.78 is 5.05. The summed E-state index contributed by atoms with van der Waals surface area (Å²) in [5, 5.41) is 6.84. The van der Waals surface area contributed by atoms with Crippen LogP contribution in [-0.2, 0) is 9.59 Å². The highest BCUT2D eigenvalue weighted by molar-refractivity contribution is 5.79. The lowest BCUT2D eigenvalue weighted by atomic mass is 10.0. The number of rotatable bonds is 5. The van der Waals surface area contributed by atoms with Crippen molar-refractivity contribution in [2.75, 3.05) is 6.54 Å². The molecule has 0 saturated carbocycles. The second-order valence-electron chi connectivity index (χ2n) is 6.28. The second-order valence-corrected chi connectivity index (χ2v) is 6.28. The number of nitrogens with one attached hydrogen (secondary N) is 1. The van der Waals surface area contributed by atoms with Crippen LogP contribution in [0.1, 0.15) is 55.5 Å². The summed E-state index contributed by atoms with van der Waals surface area (Å²) in [5.41, 5.74) is 0.914. The van der Waals surface area contributed by atoms with Gasteiger partial charge in [0.05, 0.1) is 18.5 Å². The van der Waals surface area contributed by atoms with E-state index in [0.717, 1.165) is 18.4 Å². The van der Waals surface area contributed by atoms with Crippen molar-refractivity contribution >= 4 is 11.8 Å². The van der Waals surface area contributed by atoms with Gasteiger partial charge in [-0.2, -0.15) is 4.98 Å². The fraction of sp³-hybridized carbons (Fsp3) is 0.444. The Bertz CT molecular complexity index is 744. The quantitative estimate of drug-likeness (QED) is 0.901. The Labute approximate surface area is 146 Å². The van der Waals surface area contributed by atoms with Crippen molar-refractivity contribution in [3.8, 4) is 0 Å².